The predicted molar refractivity (Wildman–Crippen MR) is 235 cm³/mol. The molecule has 1 aliphatic carbocycles. The summed E-state index contributed by atoms with van der Waals surface area (Å²) >= 11 is 0. The van der Waals surface area contributed by atoms with Gasteiger partial charge in [0.05, 0.1) is 22.1 Å². The molecule has 57 heavy (non-hydrogen) atoms. The third-order valence-electron chi connectivity index (χ3n) is 12.2. The number of aromatic nitrogens is 5. The Balaban J connectivity index is 1.21. The largest absolute Gasteiger partial charge is 0.309 e. The molecule has 0 saturated heterocycles. The minimum atomic E-state index is 0.0826. The molecule has 11 rings (SSSR count). The molecule has 0 bridgehead atoms. The molecule has 274 valence electrons. The molecule has 0 aliphatic heterocycles. The van der Waals surface area contributed by atoms with Gasteiger partial charge in [-0.2, -0.15) is 9.97 Å². The van der Waals surface area contributed by atoms with Gasteiger partial charge in [-0.15, -0.1) is 0 Å². The maximum absolute atomic E-state index is 5.36. The first-order valence-electron chi connectivity index (χ1n) is 19.8. The van der Waals surface area contributed by atoms with Gasteiger partial charge in [-0.05, 0) is 75.9 Å². The third kappa shape index (κ3) is 5.19. The van der Waals surface area contributed by atoms with Gasteiger partial charge in [0, 0.05) is 38.4 Å². The lowest BCUT2D eigenvalue weighted by molar-refractivity contribution is 0.403. The van der Waals surface area contributed by atoms with Gasteiger partial charge < -0.3 is 4.57 Å². The lowest BCUT2D eigenvalue weighted by atomic mass is 9.82. The van der Waals surface area contributed by atoms with E-state index < -0.39 is 0 Å². The van der Waals surface area contributed by atoms with E-state index in [4.69, 9.17) is 15.0 Å². The van der Waals surface area contributed by atoms with E-state index in [0.717, 1.165) is 56.0 Å². The normalized spacial score (nSPS) is 14.5. The van der Waals surface area contributed by atoms with E-state index in [1.54, 1.807) is 0 Å². The van der Waals surface area contributed by atoms with Crippen LogP contribution in [0.1, 0.15) is 45.2 Å². The number of para-hydroxylation sites is 2. The summed E-state index contributed by atoms with van der Waals surface area (Å²) in [4.78, 5) is 15.8. The van der Waals surface area contributed by atoms with E-state index in [9.17, 15) is 0 Å². The zero-order valence-electron chi connectivity index (χ0n) is 32.5. The zero-order chi connectivity index (χ0) is 38.5. The van der Waals surface area contributed by atoms with Crippen molar-refractivity contribution in [3.05, 3.63) is 175 Å². The Kier molecular flexibility index (Phi) is 7.24. The second-order valence-corrected chi connectivity index (χ2v) is 16.8. The van der Waals surface area contributed by atoms with E-state index >= 15 is 0 Å². The molecule has 3 aromatic heterocycles. The van der Waals surface area contributed by atoms with E-state index in [2.05, 4.69) is 176 Å². The SMILES string of the molecule is CC1(C)CC(C)(C)c2cc(-n3c4ccccc4c4cc5c6ccccc6n(-c6nc(-c7ccccc7)nc(-c7ccccc7-c7ccccc7)n6)c5cc43)ccc21. The fraction of sp³-hybridized carbons (Fsp3) is 0.135. The molecule has 0 radical (unpaired) electrons. The van der Waals surface area contributed by atoms with Gasteiger partial charge in [0.2, 0.25) is 5.95 Å². The summed E-state index contributed by atoms with van der Waals surface area (Å²) in [5.41, 5.74) is 12.8. The van der Waals surface area contributed by atoms with Crippen LogP contribution in [0.4, 0.5) is 0 Å². The van der Waals surface area contributed by atoms with Crippen molar-refractivity contribution in [2.24, 2.45) is 0 Å². The summed E-state index contributed by atoms with van der Waals surface area (Å²) in [6, 6.07) is 58.4. The Hall–Kier alpha value is -6.85. The average molecular weight is 736 g/mol. The molecule has 0 atom stereocenters. The number of rotatable bonds is 5. The number of hydrogen-bond acceptors (Lipinski definition) is 3. The summed E-state index contributed by atoms with van der Waals surface area (Å²) < 4.78 is 4.70. The molecule has 1 aliphatic rings. The monoisotopic (exact) mass is 735 g/mol. The van der Waals surface area contributed by atoms with Crippen molar-refractivity contribution in [3.63, 3.8) is 0 Å². The second kappa shape index (κ2) is 12.3. The zero-order valence-corrected chi connectivity index (χ0v) is 32.5. The molecule has 0 amide bonds. The van der Waals surface area contributed by atoms with Gasteiger partial charge >= 0.3 is 0 Å². The number of fused-ring (bicyclic) bond motifs is 7. The van der Waals surface area contributed by atoms with E-state index in [0.29, 0.717) is 17.6 Å². The maximum atomic E-state index is 5.36. The maximum Gasteiger partial charge on any atom is 0.238 e. The van der Waals surface area contributed by atoms with Gasteiger partial charge in [0.25, 0.3) is 0 Å². The first-order chi connectivity index (χ1) is 27.7. The summed E-state index contributed by atoms with van der Waals surface area (Å²) in [5.74, 6) is 1.84. The summed E-state index contributed by atoms with van der Waals surface area (Å²) in [6.07, 6.45) is 1.13. The van der Waals surface area contributed by atoms with Crippen molar-refractivity contribution < 1.29 is 0 Å². The molecular weight excluding hydrogens is 695 g/mol. The minimum Gasteiger partial charge on any atom is -0.309 e. The predicted octanol–water partition coefficient (Wildman–Crippen LogP) is 13.0. The van der Waals surface area contributed by atoms with Crippen LogP contribution in [0.25, 0.3) is 89.2 Å². The Morgan fingerprint density at radius 1 is 0.404 bits per heavy atom. The number of nitrogens with zero attached hydrogens (tertiary/aromatic N) is 5. The van der Waals surface area contributed by atoms with Gasteiger partial charge in [-0.25, -0.2) is 4.98 Å². The molecule has 0 fully saturated rings. The van der Waals surface area contributed by atoms with Crippen LogP contribution in [-0.2, 0) is 10.8 Å². The molecule has 0 unspecified atom stereocenters. The Morgan fingerprint density at radius 2 is 0.947 bits per heavy atom. The van der Waals surface area contributed by atoms with E-state index in [1.807, 2.05) is 24.3 Å². The van der Waals surface area contributed by atoms with Crippen molar-refractivity contribution >= 4 is 43.6 Å². The van der Waals surface area contributed by atoms with Gasteiger partial charge in [-0.3, -0.25) is 4.57 Å². The van der Waals surface area contributed by atoms with Crippen LogP contribution in [-0.4, -0.2) is 24.1 Å². The Labute approximate surface area is 331 Å². The number of benzene rings is 7. The highest BCUT2D eigenvalue weighted by atomic mass is 15.2. The summed E-state index contributed by atoms with van der Waals surface area (Å²) in [7, 11) is 0. The van der Waals surface area contributed by atoms with Crippen molar-refractivity contribution in [3.8, 4) is 45.5 Å². The van der Waals surface area contributed by atoms with Crippen molar-refractivity contribution in [2.75, 3.05) is 0 Å². The molecular formula is C52H41N5. The van der Waals surface area contributed by atoms with Gasteiger partial charge in [-0.1, -0.05) is 155 Å². The lowest BCUT2D eigenvalue weighted by Gasteiger charge is -2.22. The van der Waals surface area contributed by atoms with Crippen LogP contribution >= 0.6 is 0 Å². The van der Waals surface area contributed by atoms with Crippen molar-refractivity contribution in [1.82, 2.24) is 24.1 Å². The molecule has 5 nitrogen and oxygen atoms in total. The molecule has 0 spiro atoms. The fourth-order valence-corrected chi connectivity index (χ4v) is 9.89. The van der Waals surface area contributed by atoms with Crippen molar-refractivity contribution in [1.29, 1.82) is 0 Å². The Morgan fingerprint density at radius 3 is 1.65 bits per heavy atom. The molecule has 0 N–H and O–H groups in total. The highest BCUT2D eigenvalue weighted by Crippen LogP contribution is 2.50. The standard InChI is InChI=1S/C52H41N5/c1-51(2)32-52(3,4)43-29-35(27-28-42(43)51)56-44-25-15-13-22-37(44)40-30-41-38-23-14-16-26-45(38)57(47(41)31-46(40)56)50-54-48(34-19-9-6-10-20-34)53-49(55-50)39-24-12-11-21-36(39)33-17-7-5-8-18-33/h5-31H,32H2,1-4H3. The molecule has 3 heterocycles. The first-order valence-corrected chi connectivity index (χ1v) is 19.8. The smallest absolute Gasteiger partial charge is 0.238 e. The highest BCUT2D eigenvalue weighted by Gasteiger charge is 2.42. The quantitative estimate of drug-likeness (QED) is 0.177. The first kappa shape index (κ1) is 33.5. The van der Waals surface area contributed by atoms with Crippen LogP contribution in [0.5, 0.6) is 0 Å². The molecule has 0 saturated carbocycles. The van der Waals surface area contributed by atoms with Crippen LogP contribution in [0.3, 0.4) is 0 Å². The summed E-state index contributed by atoms with van der Waals surface area (Å²) in [5, 5.41) is 4.77. The van der Waals surface area contributed by atoms with Crippen LogP contribution < -0.4 is 0 Å². The van der Waals surface area contributed by atoms with Crippen LogP contribution in [0, 0.1) is 0 Å². The van der Waals surface area contributed by atoms with Gasteiger partial charge in [0.15, 0.2) is 11.6 Å². The van der Waals surface area contributed by atoms with E-state index in [-0.39, 0.29) is 10.8 Å². The van der Waals surface area contributed by atoms with Gasteiger partial charge in [0.1, 0.15) is 0 Å². The molecule has 5 heteroatoms. The third-order valence-corrected chi connectivity index (χ3v) is 12.2. The second-order valence-electron chi connectivity index (χ2n) is 16.8. The lowest BCUT2D eigenvalue weighted by Crippen LogP contribution is -2.18. The minimum absolute atomic E-state index is 0.0826. The van der Waals surface area contributed by atoms with Crippen molar-refractivity contribution in [2.45, 2.75) is 44.9 Å². The van der Waals surface area contributed by atoms with Crippen LogP contribution in [0.15, 0.2) is 164 Å². The summed E-state index contributed by atoms with van der Waals surface area (Å²) in [6.45, 7) is 9.55. The van der Waals surface area contributed by atoms with Crippen LogP contribution in [0.2, 0.25) is 0 Å². The van der Waals surface area contributed by atoms with E-state index in [1.165, 1.54) is 33.1 Å². The highest BCUT2D eigenvalue weighted by molar-refractivity contribution is 6.19. The molecule has 7 aromatic carbocycles. The fourth-order valence-electron chi connectivity index (χ4n) is 9.89. The Bertz CT molecular complexity index is 3200. The number of hydrogen-bond donors (Lipinski definition) is 0. The topological polar surface area (TPSA) is 48.5 Å². The molecule has 10 aromatic rings. The average Bonchev–Trinajstić information content (AvgIpc) is 3.81.